The zero-order valence-electron chi connectivity index (χ0n) is 13.4. The number of halogens is 2. The molecule has 3 aliphatic rings. The van der Waals surface area contributed by atoms with Crippen molar-refractivity contribution in [2.75, 3.05) is 13.1 Å². The van der Waals surface area contributed by atoms with Crippen LogP contribution in [0.2, 0.25) is 10.0 Å². The Morgan fingerprint density at radius 1 is 1.04 bits per heavy atom. The third-order valence-electron chi connectivity index (χ3n) is 5.59. The lowest BCUT2D eigenvalue weighted by Gasteiger charge is -2.47. The van der Waals surface area contributed by atoms with Crippen LogP contribution in [0.3, 0.4) is 0 Å². The number of benzene rings is 1. The quantitative estimate of drug-likeness (QED) is 0.757. The molecule has 26 heavy (non-hydrogen) atoms. The fraction of sp³-hybridized carbons (Fsp3) is 0.556. The largest absolute Gasteiger partial charge is 0.508 e. The number of aliphatic hydroxyl groups is 1. The van der Waals surface area contributed by atoms with Crippen molar-refractivity contribution in [3.8, 4) is 5.75 Å². The lowest BCUT2D eigenvalue weighted by molar-refractivity contribution is -0.164. The molecule has 3 fully saturated rings. The van der Waals surface area contributed by atoms with Crippen LogP contribution >= 0.6 is 23.2 Å². The molecule has 0 saturated carbocycles. The Balaban J connectivity index is 0.00000196. The number of carbonyl (C=O) groups excluding carboxylic acids is 2. The van der Waals surface area contributed by atoms with Crippen LogP contribution in [-0.2, 0) is 9.59 Å². The lowest BCUT2D eigenvalue weighted by Crippen LogP contribution is -2.66. The first-order valence-corrected chi connectivity index (χ1v) is 9.11. The molecule has 3 heterocycles. The summed E-state index contributed by atoms with van der Waals surface area (Å²) in [5.74, 6) is -0.428. The van der Waals surface area contributed by atoms with Gasteiger partial charge in [-0.2, -0.15) is 0 Å². The molecular formula is C18H22Cl2N2O4. The minimum Gasteiger partial charge on any atom is -0.508 e. The molecule has 4 rings (SSSR count). The van der Waals surface area contributed by atoms with E-state index in [1.165, 1.54) is 17.0 Å². The maximum absolute atomic E-state index is 12.8. The highest BCUT2D eigenvalue weighted by Crippen LogP contribution is 2.44. The van der Waals surface area contributed by atoms with E-state index in [0.717, 1.165) is 0 Å². The van der Waals surface area contributed by atoms with Gasteiger partial charge in [-0.25, -0.2) is 0 Å². The second-order valence-electron chi connectivity index (χ2n) is 6.90. The monoisotopic (exact) mass is 400 g/mol. The first-order valence-electron chi connectivity index (χ1n) is 8.36. The van der Waals surface area contributed by atoms with Gasteiger partial charge in [0.2, 0.25) is 11.8 Å². The van der Waals surface area contributed by atoms with Crippen molar-refractivity contribution in [3.05, 3.63) is 27.7 Å². The average Bonchev–Trinajstić information content (AvgIpc) is 2.98. The van der Waals surface area contributed by atoms with Gasteiger partial charge < -0.3 is 20.0 Å². The van der Waals surface area contributed by atoms with E-state index in [1.54, 1.807) is 4.90 Å². The highest BCUT2D eigenvalue weighted by Gasteiger charge is 2.53. The Bertz CT molecular complexity index is 757. The summed E-state index contributed by atoms with van der Waals surface area (Å²) < 4.78 is 0. The van der Waals surface area contributed by atoms with E-state index in [4.69, 9.17) is 23.2 Å². The molecule has 2 N–H and O–H groups in total. The van der Waals surface area contributed by atoms with Gasteiger partial charge in [-0.15, -0.1) is 0 Å². The summed E-state index contributed by atoms with van der Waals surface area (Å²) in [6, 6.07) is 1.70. The first-order chi connectivity index (χ1) is 11.9. The predicted molar refractivity (Wildman–Crippen MR) is 98.5 cm³/mol. The highest BCUT2D eigenvalue weighted by atomic mass is 35.5. The molecule has 3 saturated heterocycles. The Labute approximate surface area is 162 Å². The van der Waals surface area contributed by atoms with E-state index >= 15 is 0 Å². The van der Waals surface area contributed by atoms with Gasteiger partial charge in [-0.05, 0) is 37.3 Å². The average molecular weight is 401 g/mol. The maximum atomic E-state index is 12.8. The number of phenols is 1. The number of amides is 2. The van der Waals surface area contributed by atoms with E-state index < -0.39 is 18.2 Å². The molecule has 0 radical (unpaired) electrons. The standard InChI is InChI=1S/C17H18Cl2N2O4.CH4/c18-9-1-2-11(22)13(14(9)19)8-3-5-20-10(7-8)16(24)21-6-4-12(23)15(21)17(20)25;/h1-2,8,10,12,15,22-23H,3-7H2;1H4. The second kappa shape index (κ2) is 6.91. The summed E-state index contributed by atoms with van der Waals surface area (Å²) in [4.78, 5) is 28.6. The van der Waals surface area contributed by atoms with Crippen LogP contribution in [0.4, 0.5) is 0 Å². The zero-order chi connectivity index (χ0) is 17.9. The molecule has 1 aromatic carbocycles. The van der Waals surface area contributed by atoms with Crippen molar-refractivity contribution < 1.29 is 19.8 Å². The molecule has 0 aromatic heterocycles. The summed E-state index contributed by atoms with van der Waals surface area (Å²) in [5, 5.41) is 20.9. The van der Waals surface area contributed by atoms with Crippen LogP contribution in [0.1, 0.15) is 38.2 Å². The van der Waals surface area contributed by atoms with Crippen LogP contribution < -0.4 is 0 Å². The third-order valence-corrected chi connectivity index (χ3v) is 6.41. The van der Waals surface area contributed by atoms with Crippen molar-refractivity contribution >= 4 is 35.0 Å². The number of rotatable bonds is 1. The van der Waals surface area contributed by atoms with Crippen molar-refractivity contribution in [2.24, 2.45) is 0 Å². The Kier molecular flexibility index (Phi) is 5.12. The van der Waals surface area contributed by atoms with Crippen molar-refractivity contribution in [1.29, 1.82) is 0 Å². The number of nitrogens with zero attached hydrogens (tertiary/aromatic N) is 2. The molecule has 4 atom stereocenters. The van der Waals surface area contributed by atoms with Crippen molar-refractivity contribution in [3.63, 3.8) is 0 Å². The topological polar surface area (TPSA) is 81.1 Å². The summed E-state index contributed by atoms with van der Waals surface area (Å²) in [6.45, 7) is 0.786. The molecule has 0 spiro atoms. The van der Waals surface area contributed by atoms with Crippen LogP contribution in [0.25, 0.3) is 0 Å². The molecule has 142 valence electrons. The third kappa shape index (κ3) is 2.75. The van der Waals surface area contributed by atoms with E-state index in [9.17, 15) is 19.8 Å². The number of hydrogen-bond acceptors (Lipinski definition) is 4. The summed E-state index contributed by atoms with van der Waals surface area (Å²) in [6.07, 6.45) is 0.595. The molecule has 8 heteroatoms. The number of piperidine rings is 1. The molecular weight excluding hydrogens is 379 g/mol. The van der Waals surface area contributed by atoms with E-state index in [0.29, 0.717) is 48.0 Å². The SMILES string of the molecule is C.O=C1C2C(O)CCN2C(=O)C2CC(c3c(O)ccc(Cl)c3Cl)CCN12. The highest BCUT2D eigenvalue weighted by molar-refractivity contribution is 6.42. The van der Waals surface area contributed by atoms with E-state index in [-0.39, 0.29) is 30.9 Å². The second-order valence-corrected chi connectivity index (χ2v) is 7.68. The van der Waals surface area contributed by atoms with Crippen LogP contribution in [0.5, 0.6) is 5.75 Å². The van der Waals surface area contributed by atoms with Gasteiger partial charge in [0.1, 0.15) is 17.8 Å². The molecule has 1 aromatic rings. The molecule has 4 unspecified atom stereocenters. The fourth-order valence-electron chi connectivity index (χ4n) is 4.35. The van der Waals surface area contributed by atoms with E-state index in [1.807, 2.05) is 0 Å². The van der Waals surface area contributed by atoms with E-state index in [2.05, 4.69) is 0 Å². The fourth-order valence-corrected chi connectivity index (χ4v) is 4.83. The Hall–Kier alpha value is -1.50. The van der Waals surface area contributed by atoms with Crippen LogP contribution in [0, 0.1) is 0 Å². The normalized spacial score (nSPS) is 30.7. The van der Waals surface area contributed by atoms with Crippen molar-refractivity contribution in [2.45, 2.75) is 50.8 Å². The molecule has 0 aliphatic carbocycles. The predicted octanol–water partition coefficient (Wildman–Crippen LogP) is 2.39. The number of piperazine rings is 1. The smallest absolute Gasteiger partial charge is 0.248 e. The Morgan fingerprint density at radius 3 is 2.46 bits per heavy atom. The number of fused-ring (bicyclic) bond motifs is 2. The minimum absolute atomic E-state index is 0. The summed E-state index contributed by atoms with van der Waals surface area (Å²) in [7, 11) is 0. The number of phenolic OH excluding ortho intramolecular Hbond substituents is 1. The summed E-state index contributed by atoms with van der Waals surface area (Å²) >= 11 is 12.4. The van der Waals surface area contributed by atoms with Crippen LogP contribution in [0.15, 0.2) is 12.1 Å². The molecule has 3 aliphatic heterocycles. The Morgan fingerprint density at radius 2 is 1.73 bits per heavy atom. The van der Waals surface area contributed by atoms with Crippen LogP contribution in [-0.4, -0.2) is 63.1 Å². The van der Waals surface area contributed by atoms with Gasteiger partial charge in [-0.1, -0.05) is 30.6 Å². The number of carbonyl (C=O) groups is 2. The molecule has 6 nitrogen and oxygen atoms in total. The number of hydrogen-bond donors (Lipinski definition) is 2. The van der Waals surface area contributed by atoms with Gasteiger partial charge in [-0.3, -0.25) is 9.59 Å². The maximum Gasteiger partial charge on any atom is 0.248 e. The van der Waals surface area contributed by atoms with Gasteiger partial charge in [0.25, 0.3) is 0 Å². The molecule has 2 amide bonds. The minimum atomic E-state index is -0.790. The number of aromatic hydroxyl groups is 1. The summed E-state index contributed by atoms with van der Waals surface area (Å²) in [5.41, 5.74) is 0.539. The molecule has 0 bridgehead atoms. The van der Waals surface area contributed by atoms with Crippen molar-refractivity contribution in [1.82, 2.24) is 9.80 Å². The van der Waals surface area contributed by atoms with Gasteiger partial charge >= 0.3 is 0 Å². The van der Waals surface area contributed by atoms with Gasteiger partial charge in [0, 0.05) is 18.7 Å². The number of aliphatic hydroxyl groups excluding tert-OH is 1. The zero-order valence-corrected chi connectivity index (χ0v) is 14.9. The lowest BCUT2D eigenvalue weighted by atomic mass is 9.82. The first kappa shape index (κ1) is 19.3. The van der Waals surface area contributed by atoms with Gasteiger partial charge in [0.05, 0.1) is 16.1 Å². The van der Waals surface area contributed by atoms with Gasteiger partial charge in [0.15, 0.2) is 0 Å².